The molecule has 1 amide bonds. The van der Waals surface area contributed by atoms with Gasteiger partial charge in [-0.15, -0.1) is 21.8 Å². The van der Waals surface area contributed by atoms with Gasteiger partial charge in [0.2, 0.25) is 0 Å². The number of nitrogens with zero attached hydrogens (tertiary/aromatic N) is 5. The van der Waals surface area contributed by atoms with E-state index in [1.54, 1.807) is 11.2 Å². The summed E-state index contributed by atoms with van der Waals surface area (Å²) < 4.78 is 7.60. The molecule has 34 heavy (non-hydrogen) atoms. The molecule has 178 valence electrons. The average molecular weight is 480 g/mol. The van der Waals surface area contributed by atoms with E-state index in [2.05, 4.69) is 39.4 Å². The molecular weight excluding hydrogens is 450 g/mol. The van der Waals surface area contributed by atoms with Crippen molar-refractivity contribution in [3.05, 3.63) is 71.6 Å². The molecule has 0 saturated heterocycles. The highest BCUT2D eigenvalue weighted by molar-refractivity contribution is 6.24. The maximum Gasteiger partial charge on any atom is 0.411 e. The third-order valence-electron chi connectivity index (χ3n) is 6.70. The third-order valence-corrected chi connectivity index (χ3v) is 7.30. The number of carbonyl (C=O) groups excluding carboxylic acids is 1. The number of fused-ring (bicyclic) bond motifs is 3. The molecule has 5 rings (SSSR count). The van der Waals surface area contributed by atoms with Gasteiger partial charge in [-0.3, -0.25) is 14.5 Å². The largest absolute Gasteiger partial charge is 0.444 e. The molecule has 3 aromatic rings. The molecule has 8 heteroatoms. The molecule has 1 aliphatic heterocycles. The molecule has 1 saturated carbocycles. The van der Waals surface area contributed by atoms with Gasteiger partial charge in [-0.25, -0.2) is 4.79 Å². The van der Waals surface area contributed by atoms with Crippen LogP contribution in [0.5, 0.6) is 0 Å². The zero-order chi connectivity index (χ0) is 23.9. The first kappa shape index (κ1) is 22.8. The number of hydrogen-bond donors (Lipinski definition) is 0. The van der Waals surface area contributed by atoms with Gasteiger partial charge in [-0.2, -0.15) is 0 Å². The van der Waals surface area contributed by atoms with Gasteiger partial charge in [0.15, 0.2) is 5.82 Å². The molecule has 0 spiro atoms. The van der Waals surface area contributed by atoms with E-state index < -0.39 is 10.5 Å². The molecular formula is C26H30ClN5O2. The van der Waals surface area contributed by atoms with Crippen molar-refractivity contribution in [2.24, 2.45) is 0 Å². The molecule has 1 aliphatic carbocycles. The van der Waals surface area contributed by atoms with Crippen LogP contribution in [0.2, 0.25) is 0 Å². The van der Waals surface area contributed by atoms with Crippen molar-refractivity contribution in [1.82, 2.24) is 24.6 Å². The van der Waals surface area contributed by atoms with E-state index >= 15 is 0 Å². The Hall–Kier alpha value is -2.93. The van der Waals surface area contributed by atoms with Gasteiger partial charge in [-0.05, 0) is 75.8 Å². The summed E-state index contributed by atoms with van der Waals surface area (Å²) in [4.78, 5) is 18.7. The highest BCUT2D eigenvalue weighted by atomic mass is 35.5. The van der Waals surface area contributed by atoms with Crippen LogP contribution in [0.15, 0.2) is 48.9 Å². The Kier molecular flexibility index (Phi) is 5.84. The van der Waals surface area contributed by atoms with Crippen LogP contribution in [-0.2, 0) is 22.7 Å². The van der Waals surface area contributed by atoms with E-state index in [9.17, 15) is 4.79 Å². The van der Waals surface area contributed by atoms with Gasteiger partial charge in [0, 0.05) is 17.8 Å². The smallest absolute Gasteiger partial charge is 0.411 e. The van der Waals surface area contributed by atoms with Gasteiger partial charge < -0.3 is 4.74 Å². The monoisotopic (exact) mass is 479 g/mol. The number of alkyl halides is 1. The molecule has 0 atom stereocenters. The van der Waals surface area contributed by atoms with Gasteiger partial charge in [0.1, 0.15) is 11.9 Å². The standard InChI is InChI=1S/C26H30ClN5O2/c1-25(2,3)34-24(33)31-15-19-14-20(7-8-22(19)32-17-29-30-23(32)16-31)26(27)11-9-18(10-12-26)21-6-4-5-13-28-21/h4-8,13-14,17-18H,9-12,15-16H2,1-3H3. The number of benzene rings is 1. The normalized spacial score (nSPS) is 22.5. The van der Waals surface area contributed by atoms with Crippen molar-refractivity contribution in [3.8, 4) is 5.69 Å². The summed E-state index contributed by atoms with van der Waals surface area (Å²) in [5, 5.41) is 8.32. The van der Waals surface area contributed by atoms with Crippen LogP contribution in [-0.4, -0.2) is 36.3 Å². The highest BCUT2D eigenvalue weighted by Crippen LogP contribution is 2.48. The first-order valence-corrected chi connectivity index (χ1v) is 12.2. The molecule has 2 aliphatic rings. The van der Waals surface area contributed by atoms with Crippen LogP contribution >= 0.6 is 11.6 Å². The third kappa shape index (κ3) is 4.53. The lowest BCUT2D eigenvalue weighted by molar-refractivity contribution is 0.0214. The van der Waals surface area contributed by atoms with E-state index in [1.807, 2.05) is 43.7 Å². The lowest BCUT2D eigenvalue weighted by Crippen LogP contribution is -2.36. The lowest BCUT2D eigenvalue weighted by Gasteiger charge is -2.36. The number of ether oxygens (including phenoxy) is 1. The Morgan fingerprint density at radius 3 is 2.65 bits per heavy atom. The summed E-state index contributed by atoms with van der Waals surface area (Å²) in [5.74, 6) is 1.14. The summed E-state index contributed by atoms with van der Waals surface area (Å²) in [6.45, 7) is 6.36. The van der Waals surface area contributed by atoms with Crippen molar-refractivity contribution in [3.63, 3.8) is 0 Å². The van der Waals surface area contributed by atoms with Gasteiger partial charge >= 0.3 is 6.09 Å². The molecule has 0 unspecified atom stereocenters. The first-order chi connectivity index (χ1) is 16.2. The molecule has 1 aromatic carbocycles. The van der Waals surface area contributed by atoms with Crippen LogP contribution in [0.4, 0.5) is 4.79 Å². The fraction of sp³-hybridized carbons (Fsp3) is 0.462. The minimum Gasteiger partial charge on any atom is -0.444 e. The number of amides is 1. The minimum absolute atomic E-state index is 0.330. The van der Waals surface area contributed by atoms with E-state index in [4.69, 9.17) is 16.3 Å². The van der Waals surface area contributed by atoms with Crippen molar-refractivity contribution < 1.29 is 9.53 Å². The Balaban J connectivity index is 1.42. The minimum atomic E-state index is -0.575. The second-order valence-electron chi connectivity index (χ2n) is 10.3. The van der Waals surface area contributed by atoms with Crippen LogP contribution in [0.3, 0.4) is 0 Å². The Labute approximate surface area is 205 Å². The van der Waals surface area contributed by atoms with Crippen molar-refractivity contribution in [2.75, 3.05) is 0 Å². The van der Waals surface area contributed by atoms with Gasteiger partial charge in [-0.1, -0.05) is 18.2 Å². The number of halogens is 1. The molecule has 7 nitrogen and oxygen atoms in total. The van der Waals surface area contributed by atoms with E-state index in [0.717, 1.165) is 48.2 Å². The maximum absolute atomic E-state index is 12.9. The SMILES string of the molecule is CC(C)(C)OC(=O)N1Cc2cc(C3(Cl)CCC(c4ccccn4)CC3)ccc2-n2cnnc2C1. The number of carbonyl (C=O) groups is 1. The predicted molar refractivity (Wildman–Crippen MR) is 130 cm³/mol. The zero-order valence-corrected chi connectivity index (χ0v) is 20.6. The highest BCUT2D eigenvalue weighted by Gasteiger charge is 2.37. The van der Waals surface area contributed by atoms with E-state index in [1.165, 1.54) is 0 Å². The quantitative estimate of drug-likeness (QED) is 0.440. The maximum atomic E-state index is 12.9. The van der Waals surface area contributed by atoms with Crippen molar-refractivity contribution in [2.45, 2.75) is 75.9 Å². The fourth-order valence-electron chi connectivity index (χ4n) is 4.96. The summed E-state index contributed by atoms with van der Waals surface area (Å²) in [6, 6.07) is 12.4. The predicted octanol–water partition coefficient (Wildman–Crippen LogP) is 5.70. The summed E-state index contributed by atoms with van der Waals surface area (Å²) in [5.41, 5.74) is 3.64. The lowest BCUT2D eigenvalue weighted by atomic mass is 9.76. The summed E-state index contributed by atoms with van der Waals surface area (Å²) in [6.07, 6.45) is 6.94. The van der Waals surface area contributed by atoms with Crippen LogP contribution in [0, 0.1) is 0 Å². The number of rotatable bonds is 2. The second-order valence-corrected chi connectivity index (χ2v) is 11.0. The summed E-state index contributed by atoms with van der Waals surface area (Å²) in [7, 11) is 0. The topological polar surface area (TPSA) is 73.1 Å². The molecule has 1 fully saturated rings. The number of aromatic nitrogens is 4. The van der Waals surface area contributed by atoms with Gasteiger partial charge in [0.25, 0.3) is 0 Å². The molecule has 0 radical (unpaired) electrons. The van der Waals surface area contributed by atoms with Crippen LogP contribution < -0.4 is 0 Å². The Morgan fingerprint density at radius 1 is 1.15 bits per heavy atom. The van der Waals surface area contributed by atoms with Gasteiger partial charge in [0.05, 0.1) is 23.7 Å². The van der Waals surface area contributed by atoms with Crippen LogP contribution in [0.1, 0.15) is 75.0 Å². The number of pyridine rings is 1. The van der Waals surface area contributed by atoms with E-state index in [-0.39, 0.29) is 6.09 Å². The average Bonchev–Trinajstić information content (AvgIpc) is 3.20. The second kappa shape index (κ2) is 8.69. The summed E-state index contributed by atoms with van der Waals surface area (Å²) >= 11 is 7.24. The van der Waals surface area contributed by atoms with Crippen molar-refractivity contribution >= 4 is 17.7 Å². The van der Waals surface area contributed by atoms with E-state index in [0.29, 0.717) is 24.8 Å². The Morgan fingerprint density at radius 2 is 1.94 bits per heavy atom. The fourth-order valence-corrected chi connectivity index (χ4v) is 5.29. The van der Waals surface area contributed by atoms with Crippen molar-refractivity contribution in [1.29, 1.82) is 0 Å². The van der Waals surface area contributed by atoms with Crippen LogP contribution in [0.25, 0.3) is 5.69 Å². The molecule has 0 bridgehead atoms. The number of hydrogen-bond acceptors (Lipinski definition) is 5. The molecule has 0 N–H and O–H groups in total. The molecule has 3 heterocycles. The molecule has 2 aromatic heterocycles. The zero-order valence-electron chi connectivity index (χ0n) is 19.9. The Bertz CT molecular complexity index is 1180. The first-order valence-electron chi connectivity index (χ1n) is 11.8.